The van der Waals surface area contributed by atoms with Crippen LogP contribution in [0.3, 0.4) is 0 Å². The van der Waals surface area contributed by atoms with Crippen LogP contribution in [0.15, 0.2) is 18.2 Å². The summed E-state index contributed by atoms with van der Waals surface area (Å²) in [5.41, 5.74) is 5.44. The number of hydrogen-bond donors (Lipinski definition) is 1. The van der Waals surface area contributed by atoms with Crippen LogP contribution in [0.5, 0.6) is 0 Å². The predicted octanol–water partition coefficient (Wildman–Crippen LogP) is 1.56. The average Bonchev–Trinajstić information content (AvgIpc) is 2.17. The van der Waals surface area contributed by atoms with Gasteiger partial charge in [-0.05, 0) is 25.1 Å². The summed E-state index contributed by atoms with van der Waals surface area (Å²) in [6.07, 6.45) is 0. The molecule has 15 heavy (non-hydrogen) atoms. The monoisotopic (exact) mass is 213 g/mol. The van der Waals surface area contributed by atoms with Crippen LogP contribution < -0.4 is 5.73 Å². The number of ether oxygens (including phenoxy) is 2. The van der Waals surface area contributed by atoms with E-state index in [1.165, 1.54) is 12.1 Å². The molecule has 0 fully saturated rings. The van der Waals surface area contributed by atoms with Crippen molar-refractivity contribution in [3.63, 3.8) is 0 Å². The molecule has 82 valence electrons. The minimum absolute atomic E-state index is 0.149. The highest BCUT2D eigenvalue weighted by atomic mass is 19.1. The van der Waals surface area contributed by atoms with Crippen LogP contribution in [0, 0.1) is 5.82 Å². The van der Waals surface area contributed by atoms with Crippen LogP contribution in [0.1, 0.15) is 17.3 Å². The molecule has 0 aliphatic rings. The third-order valence-electron chi connectivity index (χ3n) is 1.69. The van der Waals surface area contributed by atoms with Crippen molar-refractivity contribution in [2.45, 2.75) is 6.92 Å². The molecule has 0 aromatic heterocycles. The molecular weight excluding hydrogens is 201 g/mol. The zero-order valence-electron chi connectivity index (χ0n) is 8.33. The highest BCUT2D eigenvalue weighted by molar-refractivity contribution is 5.90. The van der Waals surface area contributed by atoms with Gasteiger partial charge >= 0.3 is 5.97 Å². The first-order chi connectivity index (χ1) is 7.15. The van der Waals surface area contributed by atoms with E-state index in [-0.39, 0.29) is 18.0 Å². The summed E-state index contributed by atoms with van der Waals surface area (Å²) in [5.74, 6) is -1.46. The zero-order valence-corrected chi connectivity index (χ0v) is 8.33. The molecule has 1 aromatic rings. The maximum absolute atomic E-state index is 13.2. The number of nitrogen functional groups attached to an aromatic ring is 1. The number of anilines is 1. The van der Waals surface area contributed by atoms with Crippen molar-refractivity contribution in [1.29, 1.82) is 0 Å². The van der Waals surface area contributed by atoms with Crippen LogP contribution >= 0.6 is 0 Å². The first kappa shape index (κ1) is 11.5. The number of carbonyl (C=O) groups is 1. The zero-order chi connectivity index (χ0) is 11.3. The summed E-state index contributed by atoms with van der Waals surface area (Å²) in [6.45, 7) is 2.01. The molecule has 0 bridgehead atoms. The van der Waals surface area contributed by atoms with E-state index in [4.69, 9.17) is 10.5 Å². The van der Waals surface area contributed by atoms with Gasteiger partial charge in [-0.3, -0.25) is 0 Å². The molecule has 0 saturated carbocycles. The molecular formula is C10H12FNO3. The van der Waals surface area contributed by atoms with E-state index >= 15 is 0 Å². The first-order valence-electron chi connectivity index (χ1n) is 4.45. The summed E-state index contributed by atoms with van der Waals surface area (Å²) in [5, 5.41) is 0. The van der Waals surface area contributed by atoms with Crippen LogP contribution in [-0.2, 0) is 9.47 Å². The van der Waals surface area contributed by atoms with Crippen molar-refractivity contribution in [3.8, 4) is 0 Å². The van der Waals surface area contributed by atoms with E-state index < -0.39 is 11.8 Å². The second-order valence-corrected chi connectivity index (χ2v) is 2.78. The van der Waals surface area contributed by atoms with Gasteiger partial charge in [-0.25, -0.2) is 9.18 Å². The molecule has 0 aliphatic heterocycles. The van der Waals surface area contributed by atoms with E-state index in [1.54, 1.807) is 6.92 Å². The van der Waals surface area contributed by atoms with Crippen LogP contribution in [0.25, 0.3) is 0 Å². The summed E-state index contributed by atoms with van der Waals surface area (Å²) >= 11 is 0. The van der Waals surface area contributed by atoms with Gasteiger partial charge in [-0.2, -0.15) is 0 Å². The van der Waals surface area contributed by atoms with Crippen molar-refractivity contribution < 1.29 is 18.7 Å². The Morgan fingerprint density at radius 2 is 2.27 bits per heavy atom. The second-order valence-electron chi connectivity index (χ2n) is 2.78. The minimum Gasteiger partial charge on any atom is -0.435 e. The van der Waals surface area contributed by atoms with Gasteiger partial charge in [0, 0.05) is 12.3 Å². The smallest absolute Gasteiger partial charge is 0.343 e. The highest BCUT2D eigenvalue weighted by Crippen LogP contribution is 2.12. The lowest BCUT2D eigenvalue weighted by Gasteiger charge is -2.05. The van der Waals surface area contributed by atoms with E-state index in [2.05, 4.69) is 4.74 Å². The Labute approximate surface area is 86.8 Å². The fourth-order valence-electron chi connectivity index (χ4n) is 0.953. The Morgan fingerprint density at radius 1 is 1.53 bits per heavy atom. The van der Waals surface area contributed by atoms with E-state index in [9.17, 15) is 9.18 Å². The van der Waals surface area contributed by atoms with Crippen LogP contribution in [0.4, 0.5) is 10.1 Å². The molecule has 0 aliphatic carbocycles. The Morgan fingerprint density at radius 3 is 2.87 bits per heavy atom. The number of nitrogens with two attached hydrogens (primary N) is 1. The standard InChI is InChI=1S/C10H12FNO3/c1-2-14-6-15-10(13)8-4-3-7(12)5-9(8)11/h3-5H,2,6,12H2,1H3. The fraction of sp³-hybridized carbons (Fsp3) is 0.300. The Balaban J connectivity index is 2.65. The molecule has 1 rings (SSSR count). The molecule has 0 unspecified atom stereocenters. The number of benzene rings is 1. The van der Waals surface area contributed by atoms with Gasteiger partial charge in [-0.15, -0.1) is 0 Å². The molecule has 4 nitrogen and oxygen atoms in total. The lowest BCUT2D eigenvalue weighted by Crippen LogP contribution is -2.10. The van der Waals surface area contributed by atoms with Gasteiger partial charge in [0.1, 0.15) is 5.82 Å². The van der Waals surface area contributed by atoms with Gasteiger partial charge in [-0.1, -0.05) is 0 Å². The Bertz CT molecular complexity index is 355. The number of carbonyl (C=O) groups excluding carboxylic acids is 1. The van der Waals surface area contributed by atoms with E-state index in [0.29, 0.717) is 6.61 Å². The first-order valence-corrected chi connectivity index (χ1v) is 4.45. The van der Waals surface area contributed by atoms with E-state index in [0.717, 1.165) is 6.07 Å². The molecule has 0 amide bonds. The second kappa shape index (κ2) is 5.31. The lowest BCUT2D eigenvalue weighted by molar-refractivity contribution is -0.0277. The van der Waals surface area contributed by atoms with Crippen LogP contribution in [0.2, 0.25) is 0 Å². The summed E-state index contributed by atoms with van der Waals surface area (Å²) < 4.78 is 22.6. The topological polar surface area (TPSA) is 61.5 Å². The maximum atomic E-state index is 13.2. The Hall–Kier alpha value is -1.62. The molecule has 5 heteroatoms. The lowest BCUT2D eigenvalue weighted by atomic mass is 10.2. The molecule has 0 atom stereocenters. The summed E-state index contributed by atoms with van der Waals surface area (Å²) in [4.78, 5) is 11.3. The third kappa shape index (κ3) is 3.21. The Kier molecular flexibility index (Phi) is 4.05. The molecule has 0 radical (unpaired) electrons. The number of esters is 1. The third-order valence-corrected chi connectivity index (χ3v) is 1.69. The molecule has 0 spiro atoms. The number of hydrogen-bond acceptors (Lipinski definition) is 4. The number of rotatable bonds is 4. The van der Waals surface area contributed by atoms with Crippen molar-refractivity contribution in [1.82, 2.24) is 0 Å². The molecule has 0 heterocycles. The largest absolute Gasteiger partial charge is 0.435 e. The SMILES string of the molecule is CCOCOC(=O)c1ccc(N)cc1F. The fourth-order valence-corrected chi connectivity index (χ4v) is 0.953. The highest BCUT2D eigenvalue weighted by Gasteiger charge is 2.12. The normalized spacial score (nSPS) is 10.0. The van der Waals surface area contributed by atoms with Crippen molar-refractivity contribution in [2.24, 2.45) is 0 Å². The average molecular weight is 213 g/mol. The van der Waals surface area contributed by atoms with Gasteiger partial charge in [0.25, 0.3) is 0 Å². The minimum atomic E-state index is -0.763. The summed E-state index contributed by atoms with van der Waals surface area (Å²) in [6, 6.07) is 3.77. The summed E-state index contributed by atoms with van der Waals surface area (Å²) in [7, 11) is 0. The van der Waals surface area contributed by atoms with Crippen molar-refractivity contribution in [3.05, 3.63) is 29.6 Å². The number of halogens is 1. The molecule has 2 N–H and O–H groups in total. The van der Waals surface area contributed by atoms with Gasteiger partial charge in [0.05, 0.1) is 5.56 Å². The van der Waals surface area contributed by atoms with Gasteiger partial charge < -0.3 is 15.2 Å². The maximum Gasteiger partial charge on any atom is 0.343 e. The van der Waals surface area contributed by atoms with Crippen molar-refractivity contribution >= 4 is 11.7 Å². The quantitative estimate of drug-likeness (QED) is 0.357. The van der Waals surface area contributed by atoms with Crippen LogP contribution in [-0.4, -0.2) is 19.4 Å². The van der Waals surface area contributed by atoms with Gasteiger partial charge in [0.2, 0.25) is 0 Å². The molecule has 1 aromatic carbocycles. The van der Waals surface area contributed by atoms with Gasteiger partial charge in [0.15, 0.2) is 6.79 Å². The van der Waals surface area contributed by atoms with E-state index in [1.807, 2.05) is 0 Å². The predicted molar refractivity (Wildman–Crippen MR) is 52.7 cm³/mol. The van der Waals surface area contributed by atoms with Crippen molar-refractivity contribution in [2.75, 3.05) is 19.1 Å². The molecule has 0 saturated heterocycles.